The summed E-state index contributed by atoms with van der Waals surface area (Å²) in [5.74, 6) is -1.85. The fraction of sp³-hybridized carbons (Fsp3) is 0.133. The van der Waals surface area contributed by atoms with Gasteiger partial charge in [0.05, 0.1) is 22.5 Å². The average Bonchev–Trinajstić information content (AvgIpc) is 2.86. The summed E-state index contributed by atoms with van der Waals surface area (Å²) in [6.45, 7) is 8.09. The van der Waals surface area contributed by atoms with Crippen molar-refractivity contribution in [3.05, 3.63) is 118 Å². The average molecular weight is 483 g/mol. The molecule has 4 N–H and O–H groups in total. The molecular weight excluding hydrogens is 452 g/mol. The first kappa shape index (κ1) is 26.0. The van der Waals surface area contributed by atoms with Gasteiger partial charge in [-0.3, -0.25) is 0 Å². The lowest BCUT2D eigenvalue weighted by Gasteiger charge is -2.13. The van der Waals surface area contributed by atoms with E-state index in [4.69, 9.17) is 10.2 Å². The molecular formula is C30H30N2O4. The predicted octanol–water partition coefficient (Wildman–Crippen LogP) is 7.49. The second-order valence-electron chi connectivity index (χ2n) is 8.45. The molecule has 0 fully saturated rings. The zero-order valence-electron chi connectivity index (χ0n) is 20.8. The van der Waals surface area contributed by atoms with Gasteiger partial charge in [-0.1, -0.05) is 48.5 Å². The summed E-state index contributed by atoms with van der Waals surface area (Å²) in [6, 6.07) is 25.7. The summed E-state index contributed by atoms with van der Waals surface area (Å²) in [7, 11) is 0. The lowest BCUT2D eigenvalue weighted by Crippen LogP contribution is -2.03. The molecule has 36 heavy (non-hydrogen) atoms. The number of hydrogen-bond donors (Lipinski definition) is 4. The first-order valence-electron chi connectivity index (χ1n) is 11.5. The molecule has 0 heterocycles. The molecule has 0 spiro atoms. The van der Waals surface area contributed by atoms with Crippen molar-refractivity contribution in [2.24, 2.45) is 0 Å². The van der Waals surface area contributed by atoms with Crippen molar-refractivity contribution in [2.45, 2.75) is 27.7 Å². The van der Waals surface area contributed by atoms with E-state index in [1.165, 1.54) is 11.1 Å². The summed E-state index contributed by atoms with van der Waals surface area (Å²) in [5, 5.41) is 24.6. The van der Waals surface area contributed by atoms with E-state index in [0.29, 0.717) is 11.4 Å². The van der Waals surface area contributed by atoms with Crippen molar-refractivity contribution in [2.75, 3.05) is 10.6 Å². The van der Waals surface area contributed by atoms with Crippen molar-refractivity contribution in [1.82, 2.24) is 0 Å². The maximum absolute atomic E-state index is 11.1. The summed E-state index contributed by atoms with van der Waals surface area (Å²) in [4.78, 5) is 22.2. The molecule has 0 aliphatic carbocycles. The first-order valence-corrected chi connectivity index (χ1v) is 11.5. The van der Waals surface area contributed by atoms with Crippen LogP contribution in [0.25, 0.3) is 0 Å². The van der Waals surface area contributed by atoms with E-state index in [1.807, 2.05) is 76.2 Å². The van der Waals surface area contributed by atoms with Crippen molar-refractivity contribution < 1.29 is 19.8 Å². The van der Waals surface area contributed by atoms with Gasteiger partial charge in [0.25, 0.3) is 0 Å². The van der Waals surface area contributed by atoms with Crippen LogP contribution in [-0.4, -0.2) is 22.2 Å². The van der Waals surface area contributed by atoms with Crippen LogP contribution in [0.2, 0.25) is 0 Å². The number of hydrogen-bond acceptors (Lipinski definition) is 4. The van der Waals surface area contributed by atoms with E-state index in [1.54, 1.807) is 36.4 Å². The van der Waals surface area contributed by atoms with Crippen molar-refractivity contribution in [1.29, 1.82) is 0 Å². The minimum absolute atomic E-state index is 0.276. The largest absolute Gasteiger partial charge is 0.478 e. The molecule has 4 aromatic carbocycles. The Balaban J connectivity index is 0.000000201. The van der Waals surface area contributed by atoms with Gasteiger partial charge >= 0.3 is 11.9 Å². The lowest BCUT2D eigenvalue weighted by molar-refractivity contribution is 0.0687. The van der Waals surface area contributed by atoms with Crippen LogP contribution in [0, 0.1) is 27.7 Å². The smallest absolute Gasteiger partial charge is 0.337 e. The van der Waals surface area contributed by atoms with Crippen LogP contribution < -0.4 is 10.6 Å². The van der Waals surface area contributed by atoms with Gasteiger partial charge in [-0.05, 0) is 86.3 Å². The Morgan fingerprint density at radius 3 is 1.19 bits per heavy atom. The summed E-state index contributed by atoms with van der Waals surface area (Å²) >= 11 is 0. The molecule has 6 heteroatoms. The van der Waals surface area contributed by atoms with Gasteiger partial charge in [0.1, 0.15) is 0 Å². The maximum Gasteiger partial charge on any atom is 0.337 e. The standard InChI is InChI=1S/2C15H15NO2/c2*1-10-6-5-9-13(11(10)2)16-14-8-4-3-7-12(14)15(17)18/h2*3-9,16H,1-2H3,(H,17,18). The molecule has 0 unspecified atom stereocenters. The number of carbonyl (C=O) groups is 2. The zero-order chi connectivity index (χ0) is 26.2. The van der Waals surface area contributed by atoms with Gasteiger partial charge in [-0.15, -0.1) is 0 Å². The maximum atomic E-state index is 11.1. The second kappa shape index (κ2) is 11.7. The molecule has 0 aliphatic heterocycles. The first-order chi connectivity index (χ1) is 17.2. The Kier molecular flexibility index (Phi) is 8.47. The fourth-order valence-corrected chi connectivity index (χ4v) is 3.62. The monoisotopic (exact) mass is 482 g/mol. The lowest BCUT2D eigenvalue weighted by atomic mass is 10.1. The van der Waals surface area contributed by atoms with E-state index < -0.39 is 11.9 Å². The zero-order valence-corrected chi connectivity index (χ0v) is 20.8. The number of nitrogens with one attached hydrogen (secondary N) is 2. The van der Waals surface area contributed by atoms with E-state index >= 15 is 0 Å². The van der Waals surface area contributed by atoms with Crippen molar-refractivity contribution in [3.63, 3.8) is 0 Å². The Bertz CT molecular complexity index is 1290. The van der Waals surface area contributed by atoms with Gasteiger partial charge < -0.3 is 20.8 Å². The van der Waals surface area contributed by atoms with E-state index in [0.717, 1.165) is 22.5 Å². The minimum atomic E-state index is -0.927. The molecule has 4 rings (SSSR count). The Morgan fingerprint density at radius 1 is 0.500 bits per heavy atom. The molecule has 0 amide bonds. The Hall–Kier alpha value is -4.58. The molecule has 0 aromatic heterocycles. The topological polar surface area (TPSA) is 98.7 Å². The number of carboxylic acid groups (broad SMARTS) is 2. The molecule has 6 nitrogen and oxygen atoms in total. The number of aromatic carboxylic acids is 2. The van der Waals surface area contributed by atoms with Crippen molar-refractivity contribution in [3.8, 4) is 0 Å². The van der Waals surface area contributed by atoms with Crippen LogP contribution >= 0.6 is 0 Å². The number of rotatable bonds is 6. The number of aryl methyl sites for hydroxylation is 2. The van der Waals surface area contributed by atoms with Gasteiger partial charge in [-0.25, -0.2) is 9.59 Å². The summed E-state index contributed by atoms with van der Waals surface area (Å²) < 4.78 is 0. The predicted molar refractivity (Wildman–Crippen MR) is 145 cm³/mol. The third-order valence-electron chi connectivity index (χ3n) is 6.06. The van der Waals surface area contributed by atoms with Crippen LogP contribution in [0.5, 0.6) is 0 Å². The Labute approximate surface area is 211 Å². The number of para-hydroxylation sites is 2. The molecule has 4 aromatic rings. The number of benzene rings is 4. The highest BCUT2D eigenvalue weighted by Gasteiger charge is 2.11. The Morgan fingerprint density at radius 2 is 0.833 bits per heavy atom. The normalized spacial score (nSPS) is 10.1. The molecule has 184 valence electrons. The minimum Gasteiger partial charge on any atom is -0.478 e. The molecule has 0 aliphatic rings. The van der Waals surface area contributed by atoms with E-state index in [9.17, 15) is 9.59 Å². The highest BCUT2D eigenvalue weighted by Crippen LogP contribution is 2.26. The molecule has 0 saturated carbocycles. The molecule has 0 radical (unpaired) electrons. The van der Waals surface area contributed by atoms with Gasteiger partial charge in [0.15, 0.2) is 0 Å². The van der Waals surface area contributed by atoms with E-state index in [2.05, 4.69) is 10.6 Å². The van der Waals surface area contributed by atoms with Crippen LogP contribution in [0.4, 0.5) is 22.7 Å². The highest BCUT2D eigenvalue weighted by molar-refractivity contribution is 5.96. The molecule has 0 atom stereocenters. The molecule has 0 saturated heterocycles. The quantitative estimate of drug-likeness (QED) is 0.227. The number of anilines is 4. The van der Waals surface area contributed by atoms with Gasteiger partial charge in [-0.2, -0.15) is 0 Å². The van der Waals surface area contributed by atoms with Crippen LogP contribution in [0.3, 0.4) is 0 Å². The summed E-state index contributed by atoms with van der Waals surface area (Å²) in [5.41, 5.74) is 8.23. The third kappa shape index (κ3) is 6.30. The number of carboxylic acids is 2. The van der Waals surface area contributed by atoms with E-state index in [-0.39, 0.29) is 11.1 Å². The van der Waals surface area contributed by atoms with Gasteiger partial charge in [0.2, 0.25) is 0 Å². The SMILES string of the molecule is Cc1cccc(Nc2ccccc2C(=O)O)c1C.Cc1cccc(Nc2ccccc2C(=O)O)c1C. The van der Waals surface area contributed by atoms with Crippen LogP contribution in [-0.2, 0) is 0 Å². The fourth-order valence-electron chi connectivity index (χ4n) is 3.62. The van der Waals surface area contributed by atoms with Crippen molar-refractivity contribution >= 4 is 34.7 Å². The van der Waals surface area contributed by atoms with Crippen LogP contribution in [0.1, 0.15) is 43.0 Å². The molecule has 0 bridgehead atoms. The van der Waals surface area contributed by atoms with Crippen LogP contribution in [0.15, 0.2) is 84.9 Å². The highest BCUT2D eigenvalue weighted by atomic mass is 16.4. The second-order valence-corrected chi connectivity index (χ2v) is 8.45. The summed E-state index contributed by atoms with van der Waals surface area (Å²) in [6.07, 6.45) is 0. The third-order valence-corrected chi connectivity index (χ3v) is 6.06. The van der Waals surface area contributed by atoms with Gasteiger partial charge in [0, 0.05) is 11.4 Å².